The molecule has 1 rings (SSSR count). The average molecular weight is 260 g/mol. The molecule has 0 unspecified atom stereocenters. The van der Waals surface area contributed by atoms with Crippen LogP contribution in [0.1, 0.15) is 19.3 Å². The molecule has 0 heterocycles. The molecule has 5 nitrogen and oxygen atoms in total. The largest absolute Gasteiger partial charge is 0.480 e. The molecule has 0 bridgehead atoms. The maximum atomic E-state index is 12.0. The minimum absolute atomic E-state index is 0.228. The minimum atomic E-state index is -0.976. The summed E-state index contributed by atoms with van der Waals surface area (Å²) in [5.41, 5.74) is 5.78. The Labute approximate surface area is 106 Å². The van der Waals surface area contributed by atoms with Crippen LogP contribution in [0.15, 0.2) is 0 Å². The second-order valence-corrected chi connectivity index (χ2v) is 5.43. The molecular formula is C11H20N2O3S. The van der Waals surface area contributed by atoms with Gasteiger partial charge in [0, 0.05) is 6.54 Å². The summed E-state index contributed by atoms with van der Waals surface area (Å²) in [4.78, 5) is 24.1. The molecule has 0 spiro atoms. The van der Waals surface area contributed by atoms with E-state index in [0.717, 1.165) is 18.6 Å². The summed E-state index contributed by atoms with van der Waals surface area (Å²) >= 11 is 1.63. The molecule has 0 saturated heterocycles. The van der Waals surface area contributed by atoms with E-state index in [9.17, 15) is 9.59 Å². The number of carboxylic acid groups (broad SMARTS) is 1. The van der Waals surface area contributed by atoms with Crippen LogP contribution in [0.25, 0.3) is 0 Å². The first-order valence-corrected chi connectivity index (χ1v) is 7.19. The van der Waals surface area contributed by atoms with Crippen LogP contribution in [0.4, 0.5) is 0 Å². The topological polar surface area (TPSA) is 83.6 Å². The minimum Gasteiger partial charge on any atom is -0.480 e. The van der Waals surface area contributed by atoms with Gasteiger partial charge in [-0.05, 0) is 37.2 Å². The number of amides is 1. The van der Waals surface area contributed by atoms with Crippen LogP contribution in [0.3, 0.4) is 0 Å². The molecule has 0 aromatic rings. The number of nitrogens with two attached hydrogens (primary N) is 1. The van der Waals surface area contributed by atoms with Crippen molar-refractivity contribution in [1.29, 1.82) is 0 Å². The van der Waals surface area contributed by atoms with Gasteiger partial charge in [-0.25, -0.2) is 0 Å². The van der Waals surface area contributed by atoms with Crippen LogP contribution in [0.2, 0.25) is 0 Å². The Hall–Kier alpha value is -0.750. The van der Waals surface area contributed by atoms with E-state index in [2.05, 4.69) is 0 Å². The number of carbonyl (C=O) groups is 2. The number of hydrogen-bond acceptors (Lipinski definition) is 4. The van der Waals surface area contributed by atoms with Crippen molar-refractivity contribution in [3.63, 3.8) is 0 Å². The molecule has 0 aromatic heterocycles. The van der Waals surface area contributed by atoms with Gasteiger partial charge in [0.05, 0.1) is 6.04 Å². The molecular weight excluding hydrogens is 240 g/mol. The Kier molecular flexibility index (Phi) is 5.77. The van der Waals surface area contributed by atoms with E-state index in [-0.39, 0.29) is 12.5 Å². The molecule has 0 aliphatic heterocycles. The second kappa shape index (κ2) is 6.86. The predicted molar refractivity (Wildman–Crippen MR) is 67.9 cm³/mol. The fourth-order valence-corrected chi connectivity index (χ4v) is 2.10. The summed E-state index contributed by atoms with van der Waals surface area (Å²) in [7, 11) is 0. The molecule has 0 aromatic carbocycles. The van der Waals surface area contributed by atoms with Gasteiger partial charge in [-0.3, -0.25) is 9.59 Å². The highest BCUT2D eigenvalue weighted by Crippen LogP contribution is 2.29. The molecule has 98 valence electrons. The first-order valence-electron chi connectivity index (χ1n) is 5.79. The van der Waals surface area contributed by atoms with E-state index < -0.39 is 12.0 Å². The van der Waals surface area contributed by atoms with Crippen molar-refractivity contribution in [2.45, 2.75) is 25.3 Å². The quantitative estimate of drug-likeness (QED) is 0.659. The molecule has 1 aliphatic rings. The lowest BCUT2D eigenvalue weighted by molar-refractivity contribution is -0.145. The van der Waals surface area contributed by atoms with E-state index in [1.54, 1.807) is 11.8 Å². The summed E-state index contributed by atoms with van der Waals surface area (Å²) in [6.45, 7) is 0.306. The van der Waals surface area contributed by atoms with Gasteiger partial charge in [-0.1, -0.05) is 0 Å². The standard InChI is InChI=1S/C11H20N2O3S/c1-17-5-4-9(12)11(16)13(7-10(14)15)6-8-2-3-8/h8-9H,2-7,12H2,1H3,(H,14,15)/t9-/m1/s1. The van der Waals surface area contributed by atoms with Crippen molar-refractivity contribution in [2.75, 3.05) is 25.1 Å². The van der Waals surface area contributed by atoms with E-state index in [1.165, 1.54) is 4.90 Å². The summed E-state index contributed by atoms with van der Waals surface area (Å²) in [5, 5.41) is 8.79. The highest BCUT2D eigenvalue weighted by atomic mass is 32.2. The zero-order chi connectivity index (χ0) is 12.8. The van der Waals surface area contributed by atoms with Crippen LogP contribution in [-0.4, -0.2) is 53.0 Å². The van der Waals surface area contributed by atoms with Crippen molar-refractivity contribution >= 4 is 23.6 Å². The molecule has 0 radical (unpaired) electrons. The molecule has 6 heteroatoms. The highest BCUT2D eigenvalue weighted by molar-refractivity contribution is 7.98. The first kappa shape index (κ1) is 14.3. The summed E-state index contributed by atoms with van der Waals surface area (Å²) < 4.78 is 0. The van der Waals surface area contributed by atoms with Crippen LogP contribution >= 0.6 is 11.8 Å². The van der Waals surface area contributed by atoms with Gasteiger partial charge in [-0.2, -0.15) is 11.8 Å². The number of thioether (sulfide) groups is 1. The van der Waals surface area contributed by atoms with Gasteiger partial charge >= 0.3 is 5.97 Å². The fourth-order valence-electron chi connectivity index (χ4n) is 1.61. The van der Waals surface area contributed by atoms with Crippen molar-refractivity contribution in [2.24, 2.45) is 11.7 Å². The second-order valence-electron chi connectivity index (χ2n) is 4.44. The predicted octanol–water partition coefficient (Wildman–Crippen LogP) is 0.390. The van der Waals surface area contributed by atoms with Gasteiger partial charge in [0.15, 0.2) is 0 Å². The number of rotatable bonds is 8. The van der Waals surface area contributed by atoms with Gasteiger partial charge in [0.1, 0.15) is 6.54 Å². The van der Waals surface area contributed by atoms with E-state index in [4.69, 9.17) is 10.8 Å². The Morgan fingerprint density at radius 3 is 2.65 bits per heavy atom. The van der Waals surface area contributed by atoms with Crippen LogP contribution in [0.5, 0.6) is 0 Å². The van der Waals surface area contributed by atoms with Crippen molar-refractivity contribution in [3.05, 3.63) is 0 Å². The molecule has 1 fully saturated rings. The monoisotopic (exact) mass is 260 g/mol. The molecule has 1 atom stereocenters. The Bertz CT molecular complexity index is 282. The van der Waals surface area contributed by atoms with Crippen LogP contribution in [-0.2, 0) is 9.59 Å². The van der Waals surface area contributed by atoms with Crippen molar-refractivity contribution < 1.29 is 14.7 Å². The van der Waals surface area contributed by atoms with E-state index in [0.29, 0.717) is 18.9 Å². The lowest BCUT2D eigenvalue weighted by Crippen LogP contribution is -2.47. The van der Waals surface area contributed by atoms with Crippen molar-refractivity contribution in [3.8, 4) is 0 Å². The normalized spacial score (nSPS) is 16.6. The van der Waals surface area contributed by atoms with Gasteiger partial charge in [-0.15, -0.1) is 0 Å². The van der Waals surface area contributed by atoms with E-state index >= 15 is 0 Å². The maximum Gasteiger partial charge on any atom is 0.323 e. The smallest absolute Gasteiger partial charge is 0.323 e. The molecule has 1 amide bonds. The van der Waals surface area contributed by atoms with Gasteiger partial charge in [0.25, 0.3) is 0 Å². The third-order valence-electron chi connectivity index (χ3n) is 2.76. The zero-order valence-corrected chi connectivity index (χ0v) is 10.9. The molecule has 17 heavy (non-hydrogen) atoms. The first-order chi connectivity index (χ1) is 8.04. The summed E-state index contributed by atoms with van der Waals surface area (Å²) in [6.07, 6.45) is 4.73. The SMILES string of the molecule is CSCC[C@@H](N)C(=O)N(CC(=O)O)CC1CC1. The number of nitrogens with zero attached hydrogens (tertiary/aromatic N) is 1. The number of carbonyl (C=O) groups excluding carboxylic acids is 1. The summed E-state index contributed by atoms with van der Waals surface area (Å²) in [5.74, 6) is 0.0903. The number of carboxylic acids is 1. The Morgan fingerprint density at radius 2 is 2.18 bits per heavy atom. The molecule has 1 saturated carbocycles. The van der Waals surface area contributed by atoms with Crippen LogP contribution < -0.4 is 5.73 Å². The highest BCUT2D eigenvalue weighted by Gasteiger charge is 2.29. The molecule has 3 N–H and O–H groups in total. The summed E-state index contributed by atoms with van der Waals surface area (Å²) in [6, 6.07) is -0.569. The fraction of sp³-hybridized carbons (Fsp3) is 0.818. The van der Waals surface area contributed by atoms with Crippen LogP contribution in [0, 0.1) is 5.92 Å². The number of hydrogen-bond donors (Lipinski definition) is 2. The third kappa shape index (κ3) is 5.41. The lowest BCUT2D eigenvalue weighted by atomic mass is 10.2. The van der Waals surface area contributed by atoms with Gasteiger partial charge < -0.3 is 15.7 Å². The Balaban J connectivity index is 2.47. The maximum absolute atomic E-state index is 12.0. The van der Waals surface area contributed by atoms with Crippen molar-refractivity contribution in [1.82, 2.24) is 4.90 Å². The number of aliphatic carboxylic acids is 1. The zero-order valence-electron chi connectivity index (χ0n) is 10.1. The average Bonchev–Trinajstić information content (AvgIpc) is 3.07. The Morgan fingerprint density at radius 1 is 1.53 bits per heavy atom. The third-order valence-corrected chi connectivity index (χ3v) is 3.41. The molecule has 1 aliphatic carbocycles. The lowest BCUT2D eigenvalue weighted by Gasteiger charge is -2.23. The van der Waals surface area contributed by atoms with Gasteiger partial charge in [0.2, 0.25) is 5.91 Å². The van der Waals surface area contributed by atoms with E-state index in [1.807, 2.05) is 6.26 Å².